The molecule has 2 unspecified atom stereocenters. The Kier molecular flexibility index (Phi) is 11.9. The van der Waals surface area contributed by atoms with E-state index in [4.69, 9.17) is 14.4 Å². The van der Waals surface area contributed by atoms with Crippen molar-refractivity contribution in [2.75, 3.05) is 37.6 Å². The largest absolute Gasteiger partial charge is 0.490 e. The molecule has 15 heteroatoms. The van der Waals surface area contributed by atoms with Gasteiger partial charge in [0.1, 0.15) is 5.76 Å². The molecular formula is C36H48F3N7O5. The summed E-state index contributed by atoms with van der Waals surface area (Å²) in [5.74, 6) is -0.339. The maximum atomic E-state index is 14.0. The Hall–Kier alpha value is -4.24. The number of nitrogens with zero attached hydrogens (tertiary/aromatic N) is 4. The van der Waals surface area contributed by atoms with Crippen molar-refractivity contribution in [2.24, 2.45) is 24.8 Å². The van der Waals surface area contributed by atoms with E-state index in [1.54, 1.807) is 6.20 Å². The number of amides is 1. The van der Waals surface area contributed by atoms with Gasteiger partial charge in [-0.15, -0.1) is 0 Å². The number of hydrogen-bond donors (Lipinski definition) is 4. The second-order valence-electron chi connectivity index (χ2n) is 14.2. The lowest BCUT2D eigenvalue weighted by Gasteiger charge is -2.41. The fourth-order valence-corrected chi connectivity index (χ4v) is 7.37. The minimum atomic E-state index is -5.08. The maximum absolute atomic E-state index is 14.0. The monoisotopic (exact) mass is 715 g/mol. The summed E-state index contributed by atoms with van der Waals surface area (Å²) in [6.07, 6.45) is 1.51. The summed E-state index contributed by atoms with van der Waals surface area (Å²) in [6.45, 7) is 10.9. The van der Waals surface area contributed by atoms with Crippen LogP contribution in [0.25, 0.3) is 11.3 Å². The van der Waals surface area contributed by atoms with Crippen molar-refractivity contribution < 1.29 is 37.2 Å². The van der Waals surface area contributed by atoms with Crippen LogP contribution in [0.1, 0.15) is 76.2 Å². The van der Waals surface area contributed by atoms with Crippen LogP contribution in [0.3, 0.4) is 0 Å². The van der Waals surface area contributed by atoms with Gasteiger partial charge in [-0.25, -0.2) is 4.79 Å². The first-order valence-electron chi connectivity index (χ1n) is 17.6. The molecule has 0 aliphatic carbocycles. The number of halogens is 3. The molecule has 0 saturated carbocycles. The SMILES string of the molecule is CC(CC(=O)[C@]1(C(=O)N[C@@H](C)c2ccc(-c3ccnn3C)cc2)NCCC1C)c1cc(N2CC(CC3CCNCC3)C2)no1.O=C(O)C(F)(F)F. The highest BCUT2D eigenvalue weighted by molar-refractivity contribution is 6.11. The predicted octanol–water partition coefficient (Wildman–Crippen LogP) is 4.84. The van der Waals surface area contributed by atoms with E-state index in [0.29, 0.717) is 18.2 Å². The zero-order valence-electron chi connectivity index (χ0n) is 29.5. The van der Waals surface area contributed by atoms with Gasteiger partial charge >= 0.3 is 12.1 Å². The van der Waals surface area contributed by atoms with Crippen molar-refractivity contribution in [3.05, 3.63) is 53.9 Å². The Labute approximate surface area is 295 Å². The van der Waals surface area contributed by atoms with E-state index in [1.165, 1.54) is 19.3 Å². The van der Waals surface area contributed by atoms with Gasteiger partial charge in [-0.2, -0.15) is 18.3 Å². The fourth-order valence-electron chi connectivity index (χ4n) is 7.37. The van der Waals surface area contributed by atoms with Crippen molar-refractivity contribution >= 4 is 23.5 Å². The maximum Gasteiger partial charge on any atom is 0.490 e. The molecule has 1 aromatic carbocycles. The third kappa shape index (κ3) is 8.80. The van der Waals surface area contributed by atoms with Crippen LogP contribution in [-0.2, 0) is 21.4 Å². The number of Topliss-reactive ketones (excluding diaryl/α,β-unsaturated/α-hetero) is 1. The summed E-state index contributed by atoms with van der Waals surface area (Å²) < 4.78 is 39.3. The second-order valence-corrected chi connectivity index (χ2v) is 14.2. The number of aliphatic carboxylic acids is 1. The van der Waals surface area contributed by atoms with Gasteiger partial charge in [0.05, 0.1) is 11.7 Å². The normalized spacial score (nSPS) is 22.4. The van der Waals surface area contributed by atoms with Crippen LogP contribution in [-0.4, -0.2) is 82.1 Å². The van der Waals surface area contributed by atoms with Gasteiger partial charge in [0.15, 0.2) is 17.1 Å². The summed E-state index contributed by atoms with van der Waals surface area (Å²) in [6, 6.07) is 11.8. The number of carboxylic acid groups (broad SMARTS) is 1. The van der Waals surface area contributed by atoms with Crippen LogP contribution in [0.5, 0.6) is 0 Å². The van der Waals surface area contributed by atoms with Gasteiger partial charge in [0, 0.05) is 44.7 Å². The number of aromatic nitrogens is 3. The van der Waals surface area contributed by atoms with Gasteiger partial charge in [-0.05, 0) is 87.2 Å². The number of nitrogens with one attached hydrogen (secondary N) is 3. The van der Waals surface area contributed by atoms with Gasteiger partial charge < -0.3 is 25.2 Å². The summed E-state index contributed by atoms with van der Waals surface area (Å²) >= 11 is 0. The number of ketones is 1. The van der Waals surface area contributed by atoms with Gasteiger partial charge in [0.25, 0.3) is 0 Å². The van der Waals surface area contributed by atoms with Crippen molar-refractivity contribution in [1.29, 1.82) is 0 Å². The summed E-state index contributed by atoms with van der Waals surface area (Å²) in [4.78, 5) is 39.0. The number of alkyl halides is 3. The third-order valence-electron chi connectivity index (χ3n) is 10.5. The number of hydrogen-bond acceptors (Lipinski definition) is 9. The van der Waals surface area contributed by atoms with Crippen LogP contribution in [0.15, 0.2) is 47.1 Å². The average molecular weight is 716 g/mol. The lowest BCUT2D eigenvalue weighted by Crippen LogP contribution is -2.62. The summed E-state index contributed by atoms with van der Waals surface area (Å²) in [5.41, 5.74) is 1.79. The standard InChI is InChI=1S/C34H47N7O3.C2HF3O2/c1-22(30-19-32(39-44-30)41-20-26(21-41)18-25-10-13-35-14-11-25)17-31(42)34(23(2)9-15-36-34)33(43)38-24(3)27-5-7-28(8-6-27)29-12-16-37-40(29)4;3-2(4,5)1(6)7/h5-8,12,16,19,22-26,35-36H,9-11,13-15,17-18,20-21H2,1-4H3,(H,38,43);(H,6,7)/t22?,23?,24-,34+;/m0./s1. The molecule has 0 bridgehead atoms. The molecule has 2 aromatic heterocycles. The van der Waals surface area contributed by atoms with Crippen LogP contribution in [0.2, 0.25) is 0 Å². The molecule has 3 aromatic rings. The lowest BCUT2D eigenvalue weighted by molar-refractivity contribution is -0.192. The molecule has 1 amide bonds. The van der Waals surface area contributed by atoms with E-state index in [-0.39, 0.29) is 36.0 Å². The van der Waals surface area contributed by atoms with Crippen LogP contribution in [0.4, 0.5) is 19.0 Å². The highest BCUT2D eigenvalue weighted by Gasteiger charge is 2.53. The Morgan fingerprint density at radius 3 is 2.29 bits per heavy atom. The van der Waals surface area contributed by atoms with Crippen LogP contribution >= 0.6 is 0 Å². The van der Waals surface area contributed by atoms with E-state index >= 15 is 0 Å². The Bertz CT molecular complexity index is 1650. The Morgan fingerprint density at radius 1 is 1.06 bits per heavy atom. The highest BCUT2D eigenvalue weighted by Crippen LogP contribution is 2.35. The molecule has 3 aliphatic rings. The lowest BCUT2D eigenvalue weighted by atomic mass is 9.78. The summed E-state index contributed by atoms with van der Waals surface area (Å²) in [7, 11) is 1.92. The molecule has 0 spiro atoms. The number of carbonyl (C=O) groups is 3. The molecule has 3 aliphatic heterocycles. The molecule has 3 fully saturated rings. The molecule has 12 nitrogen and oxygen atoms in total. The van der Waals surface area contributed by atoms with E-state index in [0.717, 1.165) is 61.2 Å². The predicted molar refractivity (Wildman–Crippen MR) is 184 cm³/mol. The number of carboxylic acids is 1. The van der Waals surface area contributed by atoms with Crippen molar-refractivity contribution in [3.63, 3.8) is 0 Å². The van der Waals surface area contributed by atoms with Crippen molar-refractivity contribution in [2.45, 2.75) is 76.6 Å². The molecule has 0 radical (unpaired) electrons. The number of anilines is 1. The first-order valence-corrected chi connectivity index (χ1v) is 17.6. The third-order valence-corrected chi connectivity index (χ3v) is 10.5. The number of carbonyl (C=O) groups excluding carboxylic acids is 2. The quantitative estimate of drug-likeness (QED) is 0.203. The van der Waals surface area contributed by atoms with Gasteiger partial charge in [-0.3, -0.25) is 19.6 Å². The average Bonchev–Trinajstić information content (AvgIpc) is 3.83. The van der Waals surface area contributed by atoms with E-state index in [1.807, 2.05) is 68.9 Å². The number of piperidine rings is 1. The fraction of sp³-hybridized carbons (Fsp3) is 0.583. The molecule has 3 saturated heterocycles. The van der Waals surface area contributed by atoms with E-state index < -0.39 is 17.7 Å². The van der Waals surface area contributed by atoms with Gasteiger partial charge in [0.2, 0.25) is 5.91 Å². The zero-order chi connectivity index (χ0) is 36.9. The minimum Gasteiger partial charge on any atom is -0.475 e. The van der Waals surface area contributed by atoms with Crippen molar-refractivity contribution in [1.82, 2.24) is 30.9 Å². The number of benzene rings is 1. The first-order chi connectivity index (χ1) is 24.2. The smallest absolute Gasteiger partial charge is 0.475 e. The van der Waals surface area contributed by atoms with Crippen LogP contribution < -0.4 is 20.9 Å². The molecule has 51 heavy (non-hydrogen) atoms. The minimum absolute atomic E-state index is 0.102. The van der Waals surface area contributed by atoms with E-state index in [9.17, 15) is 22.8 Å². The van der Waals surface area contributed by atoms with E-state index in [2.05, 4.69) is 31.1 Å². The van der Waals surface area contributed by atoms with Gasteiger partial charge in [-0.1, -0.05) is 43.3 Å². The van der Waals surface area contributed by atoms with Crippen molar-refractivity contribution in [3.8, 4) is 11.3 Å². The highest BCUT2D eigenvalue weighted by atomic mass is 19.4. The molecule has 6 rings (SSSR count). The molecule has 278 valence electrons. The van der Waals surface area contributed by atoms with Crippen LogP contribution in [0, 0.1) is 17.8 Å². The Balaban J connectivity index is 0.000000654. The topological polar surface area (TPSA) is 155 Å². The molecule has 4 atom stereocenters. The molecular weight excluding hydrogens is 667 g/mol. The second kappa shape index (κ2) is 16.0. The molecule has 5 heterocycles. The number of aryl methyl sites for hydroxylation is 1. The zero-order valence-corrected chi connectivity index (χ0v) is 29.5. The summed E-state index contributed by atoms with van der Waals surface area (Å²) in [5, 5.41) is 25.6. The Morgan fingerprint density at radius 2 is 1.73 bits per heavy atom. The molecule has 4 N–H and O–H groups in total. The number of rotatable bonds is 11. The first kappa shape index (κ1) is 38.0.